The third-order valence-electron chi connectivity index (χ3n) is 3.06. The van der Waals surface area contributed by atoms with E-state index in [1.165, 1.54) is 25.5 Å². The van der Waals surface area contributed by atoms with E-state index in [2.05, 4.69) is 9.98 Å². The number of hydrogen-bond acceptors (Lipinski definition) is 7. The maximum atomic E-state index is 11.9. The van der Waals surface area contributed by atoms with Gasteiger partial charge in [-0.2, -0.15) is 0 Å². The zero-order valence-corrected chi connectivity index (χ0v) is 16.1. The van der Waals surface area contributed by atoms with Crippen molar-refractivity contribution in [1.29, 1.82) is 0 Å². The molecule has 0 atom stereocenters. The third-order valence-corrected chi connectivity index (χ3v) is 3.06. The van der Waals surface area contributed by atoms with Crippen LogP contribution in [0.3, 0.4) is 0 Å². The summed E-state index contributed by atoms with van der Waals surface area (Å²) in [4.78, 5) is 7.85. The van der Waals surface area contributed by atoms with Gasteiger partial charge in [0.1, 0.15) is 5.75 Å². The molecule has 3 N–H and O–H groups in total. The Balaban J connectivity index is 0. The van der Waals surface area contributed by atoms with E-state index < -0.39 is 5.90 Å². The van der Waals surface area contributed by atoms with Crippen molar-refractivity contribution in [3.8, 4) is 17.2 Å². The van der Waals surface area contributed by atoms with Crippen LogP contribution in [0.5, 0.6) is 17.2 Å². The predicted molar refractivity (Wildman–Crippen MR) is 93.9 cm³/mol. The van der Waals surface area contributed by atoms with Crippen LogP contribution in [-0.4, -0.2) is 50.0 Å². The Morgan fingerprint density at radius 1 is 1.07 bits per heavy atom. The molecule has 0 aliphatic heterocycles. The van der Waals surface area contributed by atoms with Gasteiger partial charge in [-0.15, -0.1) is 5.75 Å². The molecule has 0 saturated heterocycles. The summed E-state index contributed by atoms with van der Waals surface area (Å²) >= 11 is 0. The Bertz CT molecular complexity index is 738. The zero-order valence-electron chi connectivity index (χ0n) is 14.9. The van der Waals surface area contributed by atoms with Crippen molar-refractivity contribution in [3.63, 3.8) is 0 Å². The molecule has 2 rings (SSSR count). The van der Waals surface area contributed by atoms with E-state index in [1.807, 2.05) is 0 Å². The maximum absolute atomic E-state index is 11.9. The molecule has 8 nitrogen and oxygen atoms in total. The largest absolute Gasteiger partial charge is 3.00 e. The van der Waals surface area contributed by atoms with Crippen molar-refractivity contribution >= 4 is 12.1 Å². The molecule has 2 aromatic rings. The van der Waals surface area contributed by atoms with Gasteiger partial charge >= 0.3 is 17.1 Å². The Kier molecular flexibility index (Phi) is 14.4. The predicted octanol–water partition coefficient (Wildman–Crippen LogP) is -1.15. The number of ether oxygens (including phenoxy) is 1. The number of nitrogens with zero attached hydrogens (tertiary/aromatic N) is 2. The summed E-state index contributed by atoms with van der Waals surface area (Å²) in [6.45, 7) is 0.380. The molecular formula is C18H21MnN2O6. The molecule has 0 aliphatic carbocycles. The normalized spacial score (nSPS) is 10.3. The van der Waals surface area contributed by atoms with Gasteiger partial charge in [0, 0.05) is 13.3 Å². The van der Waals surface area contributed by atoms with Crippen LogP contribution in [0, 0.1) is 0 Å². The topological polar surface area (TPSA) is 155 Å². The average molecular weight is 416 g/mol. The van der Waals surface area contributed by atoms with Crippen LogP contribution in [0.15, 0.2) is 52.4 Å². The SMILES string of the molecule is CO.COc1cccc(C=NCCN=C([O-])c2ccccc2[O-])c1[O-].O.[Mn+3]. The number of rotatable bonds is 6. The Morgan fingerprint density at radius 2 is 1.74 bits per heavy atom. The molecule has 2 aromatic carbocycles. The van der Waals surface area contributed by atoms with Crippen molar-refractivity contribution in [2.45, 2.75) is 0 Å². The first kappa shape index (κ1) is 26.6. The monoisotopic (exact) mass is 416 g/mol. The van der Waals surface area contributed by atoms with E-state index in [4.69, 9.17) is 9.84 Å². The van der Waals surface area contributed by atoms with Crippen molar-refractivity contribution in [3.05, 3.63) is 53.6 Å². The minimum Gasteiger partial charge on any atom is -0.872 e. The summed E-state index contributed by atoms with van der Waals surface area (Å²) in [5.41, 5.74) is 0.451. The summed E-state index contributed by atoms with van der Waals surface area (Å²) in [6, 6.07) is 10.8. The Labute approximate surface area is 168 Å². The first-order valence-corrected chi connectivity index (χ1v) is 7.40. The second-order valence-corrected chi connectivity index (χ2v) is 4.60. The van der Waals surface area contributed by atoms with Crippen LogP contribution < -0.4 is 20.1 Å². The number of methoxy groups -OCH3 is 1. The van der Waals surface area contributed by atoms with Crippen molar-refractivity contribution < 1.29 is 47.7 Å². The van der Waals surface area contributed by atoms with E-state index in [0.717, 1.165) is 7.11 Å². The van der Waals surface area contributed by atoms with Gasteiger partial charge in [0.15, 0.2) is 0 Å². The maximum Gasteiger partial charge on any atom is 3.00 e. The molecule has 9 heteroatoms. The molecule has 0 unspecified atom stereocenters. The quantitative estimate of drug-likeness (QED) is 0.272. The summed E-state index contributed by atoms with van der Waals surface area (Å²) in [6.07, 6.45) is 1.42. The number of aliphatic hydroxyl groups is 1. The summed E-state index contributed by atoms with van der Waals surface area (Å²) in [5, 5.41) is 42.1. The van der Waals surface area contributed by atoms with Crippen LogP contribution in [0.25, 0.3) is 0 Å². The average Bonchev–Trinajstić information content (AvgIpc) is 2.64. The van der Waals surface area contributed by atoms with Gasteiger partial charge in [-0.1, -0.05) is 42.1 Å². The molecule has 27 heavy (non-hydrogen) atoms. The fourth-order valence-corrected chi connectivity index (χ4v) is 1.90. The molecule has 0 saturated carbocycles. The zero-order chi connectivity index (χ0) is 18.7. The van der Waals surface area contributed by atoms with E-state index in [-0.39, 0.29) is 58.4 Å². The fourth-order valence-electron chi connectivity index (χ4n) is 1.90. The summed E-state index contributed by atoms with van der Waals surface area (Å²) in [7, 11) is 2.43. The van der Waals surface area contributed by atoms with Gasteiger partial charge < -0.3 is 30.6 Å². The molecule has 0 aliphatic rings. The summed E-state index contributed by atoms with van der Waals surface area (Å²) in [5.74, 6) is -0.901. The second-order valence-electron chi connectivity index (χ2n) is 4.60. The Morgan fingerprint density at radius 3 is 2.37 bits per heavy atom. The van der Waals surface area contributed by atoms with E-state index >= 15 is 0 Å². The molecule has 146 valence electrons. The van der Waals surface area contributed by atoms with E-state index in [9.17, 15) is 15.3 Å². The van der Waals surface area contributed by atoms with Crippen LogP contribution in [0.4, 0.5) is 0 Å². The molecule has 0 spiro atoms. The Hall–Kier alpha value is -2.58. The number of para-hydroxylation sites is 2. The van der Waals surface area contributed by atoms with E-state index in [1.54, 1.807) is 30.3 Å². The van der Waals surface area contributed by atoms with Gasteiger partial charge in [0.25, 0.3) is 0 Å². The van der Waals surface area contributed by atoms with Crippen LogP contribution in [0.2, 0.25) is 0 Å². The number of aliphatic hydroxyl groups excluding tert-OH is 1. The van der Waals surface area contributed by atoms with Crippen LogP contribution in [-0.2, 0) is 17.1 Å². The minimum absolute atomic E-state index is 0. The third kappa shape index (κ3) is 8.10. The standard InChI is InChI=1S/C17H18N2O4.CH4O.Mn.H2O/c1-23-15-8-4-5-12(16(15)21)11-18-9-10-19-17(22)13-6-2-3-7-14(13)20;1-2;;/h2-8,11,20-21H,9-10H2,1H3,(H,19,22);2H,1H3;;1H2/q;;+3;/p-3. The van der Waals surface area contributed by atoms with Gasteiger partial charge in [-0.05, 0) is 23.1 Å². The van der Waals surface area contributed by atoms with Crippen LogP contribution >= 0.6 is 0 Å². The molecule has 0 radical (unpaired) electrons. The van der Waals surface area contributed by atoms with Gasteiger partial charge in [0.2, 0.25) is 0 Å². The van der Waals surface area contributed by atoms with Gasteiger partial charge in [-0.25, -0.2) is 0 Å². The molecule has 0 aromatic heterocycles. The molecular weight excluding hydrogens is 395 g/mol. The number of aliphatic imine (C=N–C) groups is 2. The first-order valence-electron chi connectivity index (χ1n) is 7.40. The van der Waals surface area contributed by atoms with Crippen LogP contribution in [0.1, 0.15) is 11.1 Å². The molecule has 0 amide bonds. The molecule has 0 heterocycles. The molecule has 0 fully saturated rings. The first-order chi connectivity index (χ1) is 12.1. The molecule has 0 bridgehead atoms. The number of hydrogen-bond donors (Lipinski definition) is 1. The van der Waals surface area contributed by atoms with Gasteiger partial charge in [-0.3, -0.25) is 9.98 Å². The second kappa shape index (κ2) is 14.6. The minimum atomic E-state index is -0.559. The van der Waals surface area contributed by atoms with Crippen molar-refractivity contribution in [2.24, 2.45) is 9.98 Å². The van der Waals surface area contributed by atoms with E-state index in [0.29, 0.717) is 5.56 Å². The van der Waals surface area contributed by atoms with Crippen molar-refractivity contribution in [1.82, 2.24) is 0 Å². The fraction of sp³-hybridized carbons (Fsp3) is 0.222. The van der Waals surface area contributed by atoms with Crippen molar-refractivity contribution in [2.75, 3.05) is 27.3 Å². The van der Waals surface area contributed by atoms with Gasteiger partial charge in [0.05, 0.1) is 20.2 Å². The number of benzene rings is 2. The smallest absolute Gasteiger partial charge is 0.872 e. The summed E-state index contributed by atoms with van der Waals surface area (Å²) < 4.78 is 4.94.